The fraction of sp³-hybridized carbons (Fsp3) is 1.00. The largest absolute Gasteiger partial charge is 0.394 e. The van der Waals surface area contributed by atoms with Gasteiger partial charge in [-0.1, -0.05) is 0 Å². The van der Waals surface area contributed by atoms with Crippen molar-refractivity contribution < 1.29 is 9.84 Å². The van der Waals surface area contributed by atoms with Gasteiger partial charge < -0.3 is 15.2 Å². The standard InChI is InChI=1S/C11H24N2O2/c1-10(8-11(2,9-14)12-3)13-4-6-15-7-5-13/h10,12,14H,4-9H2,1-3H3. The van der Waals surface area contributed by atoms with Crippen LogP contribution >= 0.6 is 0 Å². The zero-order valence-electron chi connectivity index (χ0n) is 10.1. The van der Waals surface area contributed by atoms with Crippen LogP contribution in [0, 0.1) is 0 Å². The lowest BCUT2D eigenvalue weighted by molar-refractivity contribution is 0.0100. The Morgan fingerprint density at radius 1 is 1.47 bits per heavy atom. The lowest BCUT2D eigenvalue weighted by Crippen LogP contribution is -2.51. The van der Waals surface area contributed by atoms with Crippen molar-refractivity contribution in [1.82, 2.24) is 10.2 Å². The molecule has 2 atom stereocenters. The number of rotatable bonds is 5. The maximum atomic E-state index is 9.33. The third-order valence-electron chi connectivity index (χ3n) is 3.37. The van der Waals surface area contributed by atoms with E-state index in [-0.39, 0.29) is 12.1 Å². The fourth-order valence-electron chi connectivity index (χ4n) is 2.05. The molecule has 1 aliphatic rings. The van der Waals surface area contributed by atoms with Crippen molar-refractivity contribution in [2.75, 3.05) is 40.0 Å². The van der Waals surface area contributed by atoms with Gasteiger partial charge in [-0.25, -0.2) is 0 Å². The molecule has 2 N–H and O–H groups in total. The lowest BCUT2D eigenvalue weighted by atomic mass is 9.94. The van der Waals surface area contributed by atoms with Crippen LogP contribution < -0.4 is 5.32 Å². The van der Waals surface area contributed by atoms with Crippen molar-refractivity contribution in [2.45, 2.75) is 31.8 Å². The van der Waals surface area contributed by atoms with Crippen LogP contribution in [-0.2, 0) is 4.74 Å². The second kappa shape index (κ2) is 5.80. The number of nitrogens with zero attached hydrogens (tertiary/aromatic N) is 1. The van der Waals surface area contributed by atoms with Crippen LogP contribution in [0.25, 0.3) is 0 Å². The van der Waals surface area contributed by atoms with Crippen LogP contribution in [0.5, 0.6) is 0 Å². The zero-order chi connectivity index (χ0) is 11.3. The first-order chi connectivity index (χ1) is 7.11. The molecular weight excluding hydrogens is 192 g/mol. The van der Waals surface area contributed by atoms with Gasteiger partial charge in [-0.3, -0.25) is 4.90 Å². The summed E-state index contributed by atoms with van der Waals surface area (Å²) in [7, 11) is 1.91. The van der Waals surface area contributed by atoms with Crippen LogP contribution in [0.1, 0.15) is 20.3 Å². The van der Waals surface area contributed by atoms with Gasteiger partial charge in [-0.05, 0) is 27.3 Å². The molecule has 0 aromatic rings. The summed E-state index contributed by atoms with van der Waals surface area (Å²) in [6, 6.07) is 0.485. The van der Waals surface area contributed by atoms with E-state index in [0.29, 0.717) is 6.04 Å². The van der Waals surface area contributed by atoms with Crippen molar-refractivity contribution in [1.29, 1.82) is 0 Å². The smallest absolute Gasteiger partial charge is 0.0611 e. The summed E-state index contributed by atoms with van der Waals surface area (Å²) in [5.74, 6) is 0. The molecule has 4 heteroatoms. The Kier molecular flexibility index (Phi) is 4.99. The molecular formula is C11H24N2O2. The first-order valence-corrected chi connectivity index (χ1v) is 5.73. The van der Waals surface area contributed by atoms with Gasteiger partial charge in [-0.15, -0.1) is 0 Å². The highest BCUT2D eigenvalue weighted by Crippen LogP contribution is 2.16. The number of hydrogen-bond donors (Lipinski definition) is 2. The summed E-state index contributed by atoms with van der Waals surface area (Å²) in [6.45, 7) is 8.14. The predicted octanol–water partition coefficient (Wildman–Crippen LogP) is 0.0676. The maximum absolute atomic E-state index is 9.33. The van der Waals surface area contributed by atoms with Crippen LogP contribution in [0.4, 0.5) is 0 Å². The average molecular weight is 216 g/mol. The van der Waals surface area contributed by atoms with Crippen molar-refractivity contribution in [3.05, 3.63) is 0 Å². The van der Waals surface area contributed by atoms with Crippen LogP contribution in [-0.4, -0.2) is 61.5 Å². The molecule has 0 aromatic carbocycles. The third-order valence-corrected chi connectivity index (χ3v) is 3.37. The monoisotopic (exact) mass is 216 g/mol. The predicted molar refractivity (Wildman–Crippen MR) is 61.0 cm³/mol. The summed E-state index contributed by atoms with van der Waals surface area (Å²) in [5, 5.41) is 12.5. The van der Waals surface area contributed by atoms with E-state index in [1.54, 1.807) is 0 Å². The number of ether oxygens (including phenoxy) is 1. The molecule has 0 aromatic heterocycles. The average Bonchev–Trinajstić information content (AvgIpc) is 2.30. The Bertz CT molecular complexity index is 177. The second-order valence-corrected chi connectivity index (χ2v) is 4.67. The Labute approximate surface area is 92.6 Å². The summed E-state index contributed by atoms with van der Waals surface area (Å²) in [4.78, 5) is 2.43. The number of aliphatic hydroxyl groups is 1. The summed E-state index contributed by atoms with van der Waals surface area (Å²) < 4.78 is 5.33. The van der Waals surface area contributed by atoms with E-state index in [1.807, 2.05) is 7.05 Å². The summed E-state index contributed by atoms with van der Waals surface area (Å²) >= 11 is 0. The Morgan fingerprint density at radius 2 is 2.07 bits per heavy atom. The van der Waals surface area contributed by atoms with Crippen LogP contribution in [0.15, 0.2) is 0 Å². The van der Waals surface area contributed by atoms with E-state index in [1.165, 1.54) is 0 Å². The highest BCUT2D eigenvalue weighted by molar-refractivity contribution is 4.86. The third kappa shape index (κ3) is 3.72. The molecule has 2 unspecified atom stereocenters. The molecule has 1 heterocycles. The minimum Gasteiger partial charge on any atom is -0.394 e. The van der Waals surface area contributed by atoms with Gasteiger partial charge in [0.15, 0.2) is 0 Å². The van der Waals surface area contributed by atoms with Gasteiger partial charge in [0.2, 0.25) is 0 Å². The molecule has 1 aliphatic heterocycles. The van der Waals surface area contributed by atoms with Crippen molar-refractivity contribution in [3.8, 4) is 0 Å². The van der Waals surface area contributed by atoms with E-state index in [0.717, 1.165) is 32.7 Å². The topological polar surface area (TPSA) is 44.7 Å². The Hall–Kier alpha value is -0.160. The number of aliphatic hydroxyl groups excluding tert-OH is 1. The van der Waals surface area contributed by atoms with Gasteiger partial charge in [0.1, 0.15) is 0 Å². The van der Waals surface area contributed by atoms with Gasteiger partial charge in [0.05, 0.1) is 19.8 Å². The lowest BCUT2D eigenvalue weighted by Gasteiger charge is -2.37. The number of hydrogen-bond acceptors (Lipinski definition) is 4. The minimum atomic E-state index is -0.169. The summed E-state index contributed by atoms with van der Waals surface area (Å²) in [5.41, 5.74) is -0.169. The van der Waals surface area contributed by atoms with Crippen molar-refractivity contribution in [2.24, 2.45) is 0 Å². The van der Waals surface area contributed by atoms with Crippen molar-refractivity contribution >= 4 is 0 Å². The number of likely N-dealkylation sites (N-methyl/N-ethyl adjacent to an activating group) is 1. The molecule has 0 aliphatic carbocycles. The van der Waals surface area contributed by atoms with Gasteiger partial charge in [0, 0.05) is 24.7 Å². The fourth-order valence-corrected chi connectivity index (χ4v) is 2.05. The van der Waals surface area contributed by atoms with E-state index in [9.17, 15) is 5.11 Å². The van der Waals surface area contributed by atoms with Gasteiger partial charge in [0.25, 0.3) is 0 Å². The van der Waals surface area contributed by atoms with E-state index in [2.05, 4.69) is 24.1 Å². The number of nitrogens with one attached hydrogen (secondary N) is 1. The maximum Gasteiger partial charge on any atom is 0.0611 e. The van der Waals surface area contributed by atoms with Crippen LogP contribution in [0.2, 0.25) is 0 Å². The molecule has 1 rings (SSSR count). The quantitative estimate of drug-likeness (QED) is 0.682. The molecule has 90 valence electrons. The molecule has 0 bridgehead atoms. The Morgan fingerprint density at radius 3 is 2.53 bits per heavy atom. The van der Waals surface area contributed by atoms with E-state index >= 15 is 0 Å². The molecule has 0 spiro atoms. The Balaban J connectivity index is 2.41. The summed E-state index contributed by atoms with van der Waals surface area (Å²) in [6.07, 6.45) is 0.958. The van der Waals surface area contributed by atoms with E-state index in [4.69, 9.17) is 4.74 Å². The molecule has 1 fully saturated rings. The van der Waals surface area contributed by atoms with E-state index < -0.39 is 0 Å². The zero-order valence-corrected chi connectivity index (χ0v) is 10.1. The molecule has 4 nitrogen and oxygen atoms in total. The minimum absolute atomic E-state index is 0.169. The van der Waals surface area contributed by atoms with Gasteiger partial charge in [-0.2, -0.15) is 0 Å². The van der Waals surface area contributed by atoms with Crippen LogP contribution in [0.3, 0.4) is 0 Å². The first kappa shape index (κ1) is 12.9. The second-order valence-electron chi connectivity index (χ2n) is 4.67. The van der Waals surface area contributed by atoms with Crippen molar-refractivity contribution in [3.63, 3.8) is 0 Å². The highest BCUT2D eigenvalue weighted by atomic mass is 16.5. The SMILES string of the molecule is CNC(C)(CO)CC(C)N1CCOCC1. The number of morpholine rings is 1. The molecule has 0 amide bonds. The molecule has 15 heavy (non-hydrogen) atoms. The first-order valence-electron chi connectivity index (χ1n) is 5.73. The van der Waals surface area contributed by atoms with Gasteiger partial charge >= 0.3 is 0 Å². The normalized spacial score (nSPS) is 24.8. The molecule has 0 saturated carbocycles. The molecule has 0 radical (unpaired) electrons. The molecule has 1 saturated heterocycles. The highest BCUT2D eigenvalue weighted by Gasteiger charge is 2.27.